The number of ether oxygens (including phenoxy) is 1. The van der Waals surface area contributed by atoms with Gasteiger partial charge in [-0.15, -0.1) is 0 Å². The number of carbonyl (C=O) groups excluding carboxylic acids is 1. The molecule has 0 saturated carbocycles. The highest BCUT2D eigenvalue weighted by Gasteiger charge is 2.17. The molecule has 0 aliphatic carbocycles. The number of fused-ring (bicyclic) bond motifs is 1. The van der Waals surface area contributed by atoms with E-state index in [-0.39, 0.29) is 11.9 Å². The minimum Gasteiger partial charge on any atom is -0.497 e. The van der Waals surface area contributed by atoms with Crippen molar-refractivity contribution in [1.82, 2.24) is 14.8 Å². The van der Waals surface area contributed by atoms with Crippen molar-refractivity contribution < 1.29 is 9.53 Å². The van der Waals surface area contributed by atoms with E-state index < -0.39 is 0 Å². The Morgan fingerprint density at radius 1 is 1.15 bits per heavy atom. The van der Waals surface area contributed by atoms with Gasteiger partial charge >= 0.3 is 0 Å². The fourth-order valence-electron chi connectivity index (χ4n) is 3.42. The molecule has 1 N–H and O–H groups in total. The average Bonchev–Trinajstić information content (AvgIpc) is 2.97. The van der Waals surface area contributed by atoms with E-state index in [9.17, 15) is 4.79 Å². The molecule has 3 rings (SSSR count). The Labute approximate surface area is 160 Å². The first-order chi connectivity index (χ1) is 13.0. The minimum atomic E-state index is 0.00852. The Bertz CT molecular complexity index is 930. The molecule has 142 valence electrons. The van der Waals surface area contributed by atoms with Gasteiger partial charge in [0.25, 0.3) is 0 Å². The van der Waals surface area contributed by atoms with Crippen LogP contribution in [0, 0.1) is 6.92 Å². The molecule has 0 spiro atoms. The van der Waals surface area contributed by atoms with Gasteiger partial charge in [-0.2, -0.15) is 0 Å². The summed E-state index contributed by atoms with van der Waals surface area (Å²) in [6.45, 7) is 2.89. The molecular weight excluding hydrogens is 338 g/mol. The van der Waals surface area contributed by atoms with Crippen molar-refractivity contribution >= 4 is 16.8 Å². The highest BCUT2D eigenvalue weighted by atomic mass is 16.5. The number of nitrogens with zero attached hydrogens (tertiary/aromatic N) is 2. The molecule has 0 aliphatic rings. The Balaban J connectivity index is 1.70. The van der Waals surface area contributed by atoms with Gasteiger partial charge in [-0.1, -0.05) is 30.3 Å². The first-order valence-electron chi connectivity index (χ1n) is 9.11. The molecule has 1 aromatic heterocycles. The zero-order valence-corrected chi connectivity index (χ0v) is 16.4. The van der Waals surface area contributed by atoms with E-state index in [1.165, 1.54) is 0 Å². The summed E-state index contributed by atoms with van der Waals surface area (Å²) in [7, 11) is 5.69. The molecule has 27 heavy (non-hydrogen) atoms. The van der Waals surface area contributed by atoms with Crippen molar-refractivity contribution in [3.63, 3.8) is 0 Å². The fourth-order valence-corrected chi connectivity index (χ4v) is 3.42. The van der Waals surface area contributed by atoms with E-state index in [0.29, 0.717) is 13.1 Å². The van der Waals surface area contributed by atoms with Crippen molar-refractivity contribution in [2.24, 2.45) is 0 Å². The number of aryl methyl sites for hydroxylation is 1. The number of para-hydroxylation sites is 1. The van der Waals surface area contributed by atoms with Crippen LogP contribution in [0.1, 0.15) is 17.3 Å². The molecule has 5 heteroatoms. The number of likely N-dealkylation sites (N-methyl/N-ethyl adjacent to an activating group) is 1. The van der Waals surface area contributed by atoms with Gasteiger partial charge < -0.3 is 19.5 Å². The number of aromatic nitrogens is 1. The van der Waals surface area contributed by atoms with Gasteiger partial charge in [-0.05, 0) is 56.2 Å². The van der Waals surface area contributed by atoms with Gasteiger partial charge in [-0.25, -0.2) is 0 Å². The summed E-state index contributed by atoms with van der Waals surface area (Å²) in [6, 6.07) is 18.3. The molecule has 0 aliphatic heterocycles. The third-order valence-corrected chi connectivity index (χ3v) is 4.91. The van der Waals surface area contributed by atoms with Gasteiger partial charge in [0.1, 0.15) is 12.3 Å². The third kappa shape index (κ3) is 4.31. The molecule has 0 radical (unpaired) electrons. The molecule has 0 unspecified atom stereocenters. The third-order valence-electron chi connectivity index (χ3n) is 4.91. The van der Waals surface area contributed by atoms with Crippen LogP contribution in [0.3, 0.4) is 0 Å². The van der Waals surface area contributed by atoms with E-state index in [1.54, 1.807) is 7.11 Å². The molecule has 0 saturated heterocycles. The predicted octanol–water partition coefficient (Wildman–Crippen LogP) is 3.38. The Morgan fingerprint density at radius 2 is 1.93 bits per heavy atom. The standard InChI is InChI=1S/C22H27N3O2/c1-16-12-17-8-5-6-11-20(17)25(16)15-22(26)23-14-21(24(2)3)18-9-7-10-19(13-18)27-4/h5-13,21H,14-15H2,1-4H3,(H,23,26)/t21-/m0/s1. The first kappa shape index (κ1) is 19.0. The van der Waals surface area contributed by atoms with Crippen LogP contribution in [0.4, 0.5) is 0 Å². The van der Waals surface area contributed by atoms with Crippen LogP contribution < -0.4 is 10.1 Å². The lowest BCUT2D eigenvalue weighted by atomic mass is 10.1. The first-order valence-corrected chi connectivity index (χ1v) is 9.11. The second-order valence-corrected chi connectivity index (χ2v) is 6.99. The Morgan fingerprint density at radius 3 is 2.67 bits per heavy atom. The number of amides is 1. The highest BCUT2D eigenvalue weighted by Crippen LogP contribution is 2.22. The Kier molecular flexibility index (Phi) is 5.81. The van der Waals surface area contributed by atoms with E-state index in [2.05, 4.69) is 39.0 Å². The van der Waals surface area contributed by atoms with Crippen molar-refractivity contribution in [2.75, 3.05) is 27.7 Å². The monoisotopic (exact) mass is 365 g/mol. The number of rotatable bonds is 7. The molecule has 0 bridgehead atoms. The van der Waals surface area contributed by atoms with Crippen molar-refractivity contribution in [1.29, 1.82) is 0 Å². The molecule has 5 nitrogen and oxygen atoms in total. The van der Waals surface area contributed by atoms with Crippen molar-refractivity contribution in [2.45, 2.75) is 19.5 Å². The van der Waals surface area contributed by atoms with Crippen molar-refractivity contribution in [3.05, 3.63) is 65.9 Å². The average molecular weight is 365 g/mol. The van der Waals surface area contributed by atoms with Gasteiger partial charge in [0.05, 0.1) is 13.2 Å². The van der Waals surface area contributed by atoms with Crippen LogP contribution in [-0.2, 0) is 11.3 Å². The van der Waals surface area contributed by atoms with E-state index in [0.717, 1.165) is 27.9 Å². The molecule has 1 heterocycles. The van der Waals surface area contributed by atoms with E-state index in [1.807, 2.05) is 51.4 Å². The molecular formula is C22H27N3O2. The summed E-state index contributed by atoms with van der Waals surface area (Å²) in [4.78, 5) is 14.7. The minimum absolute atomic E-state index is 0.00852. The van der Waals surface area contributed by atoms with Crippen LogP contribution in [0.25, 0.3) is 10.9 Å². The second-order valence-electron chi connectivity index (χ2n) is 6.99. The summed E-state index contributed by atoms with van der Waals surface area (Å²) in [6.07, 6.45) is 0. The van der Waals surface area contributed by atoms with Crippen LogP contribution in [0.2, 0.25) is 0 Å². The van der Waals surface area contributed by atoms with E-state index in [4.69, 9.17) is 4.74 Å². The van der Waals surface area contributed by atoms with E-state index >= 15 is 0 Å². The maximum absolute atomic E-state index is 12.6. The molecule has 1 atom stereocenters. The summed E-state index contributed by atoms with van der Waals surface area (Å²) < 4.78 is 7.38. The maximum Gasteiger partial charge on any atom is 0.240 e. The van der Waals surface area contributed by atoms with Gasteiger partial charge in [-0.3, -0.25) is 4.79 Å². The van der Waals surface area contributed by atoms with Gasteiger partial charge in [0.2, 0.25) is 5.91 Å². The van der Waals surface area contributed by atoms with Gasteiger partial charge in [0, 0.05) is 17.8 Å². The topological polar surface area (TPSA) is 46.5 Å². The lowest BCUT2D eigenvalue weighted by Gasteiger charge is -2.25. The molecule has 0 fully saturated rings. The van der Waals surface area contributed by atoms with Gasteiger partial charge in [0.15, 0.2) is 0 Å². The predicted molar refractivity (Wildman–Crippen MR) is 109 cm³/mol. The largest absolute Gasteiger partial charge is 0.497 e. The number of hydrogen-bond acceptors (Lipinski definition) is 3. The van der Waals surface area contributed by atoms with Crippen LogP contribution in [0.15, 0.2) is 54.6 Å². The number of hydrogen-bond donors (Lipinski definition) is 1. The normalized spacial score (nSPS) is 12.3. The smallest absolute Gasteiger partial charge is 0.240 e. The van der Waals surface area contributed by atoms with Crippen LogP contribution >= 0.6 is 0 Å². The second kappa shape index (κ2) is 8.27. The molecule has 1 amide bonds. The van der Waals surface area contributed by atoms with Crippen molar-refractivity contribution in [3.8, 4) is 5.75 Å². The quantitative estimate of drug-likeness (QED) is 0.698. The maximum atomic E-state index is 12.6. The summed E-state index contributed by atoms with van der Waals surface area (Å²) >= 11 is 0. The lowest BCUT2D eigenvalue weighted by Crippen LogP contribution is -2.36. The lowest BCUT2D eigenvalue weighted by molar-refractivity contribution is -0.121. The SMILES string of the molecule is COc1cccc([C@H](CNC(=O)Cn2c(C)cc3ccccc32)N(C)C)c1. The molecule has 3 aromatic rings. The highest BCUT2D eigenvalue weighted by molar-refractivity contribution is 5.84. The number of nitrogens with one attached hydrogen (secondary N) is 1. The zero-order chi connectivity index (χ0) is 19.4. The van der Waals surface area contributed by atoms with Crippen LogP contribution in [-0.4, -0.2) is 43.1 Å². The molecule has 2 aromatic carbocycles. The van der Waals surface area contributed by atoms with Crippen LogP contribution in [0.5, 0.6) is 5.75 Å². The summed E-state index contributed by atoms with van der Waals surface area (Å²) in [5, 5.41) is 4.25. The summed E-state index contributed by atoms with van der Waals surface area (Å²) in [5.41, 5.74) is 3.28. The number of methoxy groups -OCH3 is 1. The Hall–Kier alpha value is -2.79. The fraction of sp³-hybridized carbons (Fsp3) is 0.318. The summed E-state index contributed by atoms with van der Waals surface area (Å²) in [5.74, 6) is 0.828. The zero-order valence-electron chi connectivity index (χ0n) is 16.4. The number of benzene rings is 2. The number of carbonyl (C=O) groups is 1.